The number of amides is 1. The van der Waals surface area contributed by atoms with Gasteiger partial charge in [-0.25, -0.2) is 4.98 Å². The molecule has 0 bridgehead atoms. The summed E-state index contributed by atoms with van der Waals surface area (Å²) in [6, 6.07) is 7.33. The molecule has 1 aliphatic rings. The molecule has 3 heterocycles. The van der Waals surface area contributed by atoms with Crippen molar-refractivity contribution in [3.05, 3.63) is 45.8 Å². The molecule has 100 valence electrons. The highest BCUT2D eigenvalue weighted by Crippen LogP contribution is 2.39. The average molecular weight is 301 g/mol. The van der Waals surface area contributed by atoms with Crippen LogP contribution in [0.5, 0.6) is 0 Å². The molecule has 0 fully saturated rings. The fourth-order valence-electron chi connectivity index (χ4n) is 2.09. The summed E-state index contributed by atoms with van der Waals surface area (Å²) >= 11 is 3.37. The second kappa shape index (κ2) is 5.65. The third kappa shape index (κ3) is 2.55. The summed E-state index contributed by atoms with van der Waals surface area (Å²) in [5.74, 6) is 1.40. The third-order valence-electron chi connectivity index (χ3n) is 3.06. The number of carbonyl (C=O) groups is 1. The van der Waals surface area contributed by atoms with Crippen LogP contribution in [-0.4, -0.2) is 16.6 Å². The Morgan fingerprint density at radius 3 is 3.10 bits per heavy atom. The first-order valence-electron chi connectivity index (χ1n) is 6.13. The molecule has 2 aromatic rings. The van der Waals surface area contributed by atoms with E-state index in [0.29, 0.717) is 11.4 Å². The van der Waals surface area contributed by atoms with Gasteiger partial charge in [-0.15, -0.1) is 23.1 Å². The van der Waals surface area contributed by atoms with Gasteiger partial charge in [-0.3, -0.25) is 4.79 Å². The maximum Gasteiger partial charge on any atom is 0.243 e. The Hall–Kier alpha value is -1.84. The molecule has 1 N–H and O–H groups in total. The summed E-state index contributed by atoms with van der Waals surface area (Å²) < 4.78 is 0. The minimum absolute atomic E-state index is 0.0495. The number of thioether (sulfide) groups is 1. The Morgan fingerprint density at radius 1 is 1.45 bits per heavy atom. The van der Waals surface area contributed by atoms with Gasteiger partial charge in [-0.05, 0) is 41.3 Å². The molecule has 1 amide bonds. The molecule has 2 aromatic heterocycles. The van der Waals surface area contributed by atoms with E-state index in [1.54, 1.807) is 35.2 Å². The number of fused-ring (bicyclic) bond motifs is 1. The van der Waals surface area contributed by atoms with Crippen molar-refractivity contribution in [1.29, 1.82) is 5.26 Å². The highest BCUT2D eigenvalue weighted by atomic mass is 32.2. The Labute approximate surface area is 124 Å². The van der Waals surface area contributed by atoms with Crippen LogP contribution in [0.4, 0.5) is 5.82 Å². The number of nitriles is 1. The number of thiophene rings is 1. The van der Waals surface area contributed by atoms with E-state index in [0.717, 1.165) is 17.7 Å². The van der Waals surface area contributed by atoms with E-state index in [1.165, 1.54) is 11.1 Å². The van der Waals surface area contributed by atoms with Crippen molar-refractivity contribution in [2.45, 2.75) is 11.7 Å². The van der Waals surface area contributed by atoms with Crippen molar-refractivity contribution < 1.29 is 4.79 Å². The topological polar surface area (TPSA) is 65.8 Å². The number of hydrogen-bond acceptors (Lipinski definition) is 5. The zero-order valence-corrected chi connectivity index (χ0v) is 12.1. The standard InChI is InChI=1S/C14H11N3OS2/c15-7-9-1-2-12(16-8-9)17-14(18)13-10-3-5-19-11(10)4-6-20-13/h1-3,5,8,13H,4,6H2,(H,16,17,18). The predicted octanol–water partition coefficient (Wildman–Crippen LogP) is 2.98. The van der Waals surface area contributed by atoms with E-state index < -0.39 is 0 Å². The zero-order chi connectivity index (χ0) is 13.9. The maximum atomic E-state index is 12.4. The Kier molecular flexibility index (Phi) is 3.72. The minimum atomic E-state index is -0.164. The van der Waals surface area contributed by atoms with Crippen molar-refractivity contribution in [3.8, 4) is 6.07 Å². The largest absolute Gasteiger partial charge is 0.309 e. The molecule has 0 radical (unpaired) electrons. The number of hydrogen-bond donors (Lipinski definition) is 1. The number of aryl methyl sites for hydroxylation is 1. The average Bonchev–Trinajstić information content (AvgIpc) is 2.96. The van der Waals surface area contributed by atoms with Crippen LogP contribution in [0.15, 0.2) is 29.8 Å². The molecule has 0 aromatic carbocycles. The summed E-state index contributed by atoms with van der Waals surface area (Å²) in [7, 11) is 0. The van der Waals surface area contributed by atoms with Crippen LogP contribution < -0.4 is 5.32 Å². The fraction of sp³-hybridized carbons (Fsp3) is 0.214. The Balaban J connectivity index is 1.76. The van der Waals surface area contributed by atoms with Crippen molar-refractivity contribution >= 4 is 34.8 Å². The fourth-order valence-corrected chi connectivity index (χ4v) is 4.38. The summed E-state index contributed by atoms with van der Waals surface area (Å²) in [5.41, 5.74) is 1.60. The molecule has 20 heavy (non-hydrogen) atoms. The van der Waals surface area contributed by atoms with Crippen LogP contribution in [0.25, 0.3) is 0 Å². The van der Waals surface area contributed by atoms with Gasteiger partial charge < -0.3 is 5.32 Å². The first-order chi connectivity index (χ1) is 9.78. The molecule has 1 aliphatic heterocycles. The molecule has 4 nitrogen and oxygen atoms in total. The van der Waals surface area contributed by atoms with Crippen LogP contribution in [0, 0.1) is 11.3 Å². The highest BCUT2D eigenvalue weighted by Gasteiger charge is 2.28. The lowest BCUT2D eigenvalue weighted by atomic mass is 10.1. The summed E-state index contributed by atoms with van der Waals surface area (Å²) in [6.07, 6.45) is 2.50. The number of anilines is 1. The molecule has 1 atom stereocenters. The highest BCUT2D eigenvalue weighted by molar-refractivity contribution is 8.00. The van der Waals surface area contributed by atoms with Gasteiger partial charge in [0.05, 0.1) is 5.56 Å². The molecule has 6 heteroatoms. The van der Waals surface area contributed by atoms with Gasteiger partial charge in [0.15, 0.2) is 0 Å². The van der Waals surface area contributed by atoms with E-state index in [4.69, 9.17) is 5.26 Å². The Morgan fingerprint density at radius 2 is 2.35 bits per heavy atom. The molecule has 0 saturated heterocycles. The van der Waals surface area contributed by atoms with Gasteiger partial charge in [0.2, 0.25) is 5.91 Å². The SMILES string of the molecule is N#Cc1ccc(NC(=O)C2SCCc3sccc32)nc1. The summed E-state index contributed by atoms with van der Waals surface area (Å²) in [4.78, 5) is 17.7. The normalized spacial score (nSPS) is 17.1. The van der Waals surface area contributed by atoms with E-state index in [1.807, 2.05) is 17.5 Å². The lowest BCUT2D eigenvalue weighted by Gasteiger charge is -2.21. The first-order valence-corrected chi connectivity index (χ1v) is 8.05. The monoisotopic (exact) mass is 301 g/mol. The van der Waals surface area contributed by atoms with Crippen LogP contribution >= 0.6 is 23.1 Å². The van der Waals surface area contributed by atoms with Crippen LogP contribution in [0.3, 0.4) is 0 Å². The molecule has 3 rings (SSSR count). The van der Waals surface area contributed by atoms with Gasteiger partial charge in [0.25, 0.3) is 0 Å². The number of rotatable bonds is 2. The lowest BCUT2D eigenvalue weighted by Crippen LogP contribution is -2.22. The van der Waals surface area contributed by atoms with Gasteiger partial charge in [-0.1, -0.05) is 0 Å². The molecular formula is C14H11N3OS2. The van der Waals surface area contributed by atoms with Crippen LogP contribution in [0.2, 0.25) is 0 Å². The predicted molar refractivity (Wildman–Crippen MR) is 80.8 cm³/mol. The lowest BCUT2D eigenvalue weighted by molar-refractivity contribution is -0.115. The molecule has 0 saturated carbocycles. The second-order valence-corrected chi connectivity index (χ2v) is 6.55. The number of nitrogens with one attached hydrogen (secondary N) is 1. The van der Waals surface area contributed by atoms with Crippen molar-refractivity contribution in [3.63, 3.8) is 0 Å². The molecular weight excluding hydrogens is 290 g/mol. The van der Waals surface area contributed by atoms with Crippen molar-refractivity contribution in [1.82, 2.24) is 4.98 Å². The Bertz CT molecular complexity index is 672. The minimum Gasteiger partial charge on any atom is -0.309 e. The van der Waals surface area contributed by atoms with Crippen LogP contribution in [-0.2, 0) is 11.2 Å². The van der Waals surface area contributed by atoms with Gasteiger partial charge in [0.1, 0.15) is 17.1 Å². The van der Waals surface area contributed by atoms with E-state index >= 15 is 0 Å². The van der Waals surface area contributed by atoms with Gasteiger partial charge >= 0.3 is 0 Å². The second-order valence-electron chi connectivity index (χ2n) is 4.33. The quantitative estimate of drug-likeness (QED) is 0.926. The smallest absolute Gasteiger partial charge is 0.243 e. The van der Waals surface area contributed by atoms with Crippen molar-refractivity contribution in [2.75, 3.05) is 11.1 Å². The van der Waals surface area contributed by atoms with Gasteiger partial charge in [-0.2, -0.15) is 5.26 Å². The first kappa shape index (κ1) is 13.2. The molecule has 0 spiro atoms. The third-order valence-corrected chi connectivity index (χ3v) is 5.30. The zero-order valence-electron chi connectivity index (χ0n) is 10.5. The van der Waals surface area contributed by atoms with E-state index in [-0.39, 0.29) is 11.2 Å². The molecule has 0 aliphatic carbocycles. The summed E-state index contributed by atoms with van der Waals surface area (Å²) in [5, 5.41) is 13.4. The maximum absolute atomic E-state index is 12.4. The number of aromatic nitrogens is 1. The van der Waals surface area contributed by atoms with Crippen LogP contribution in [0.1, 0.15) is 21.3 Å². The van der Waals surface area contributed by atoms with E-state index in [9.17, 15) is 4.79 Å². The number of pyridine rings is 1. The number of carbonyl (C=O) groups excluding carboxylic acids is 1. The van der Waals surface area contributed by atoms with E-state index in [2.05, 4.69) is 10.3 Å². The van der Waals surface area contributed by atoms with Gasteiger partial charge in [0, 0.05) is 11.1 Å². The number of nitrogens with zero attached hydrogens (tertiary/aromatic N) is 2. The molecule has 1 unspecified atom stereocenters. The summed E-state index contributed by atoms with van der Waals surface area (Å²) in [6.45, 7) is 0. The van der Waals surface area contributed by atoms with Crippen molar-refractivity contribution in [2.24, 2.45) is 0 Å².